The van der Waals surface area contributed by atoms with E-state index in [-0.39, 0.29) is 25.5 Å². The summed E-state index contributed by atoms with van der Waals surface area (Å²) in [6, 6.07) is 58.2. The van der Waals surface area contributed by atoms with Crippen molar-refractivity contribution < 1.29 is 20.1 Å². The molecule has 0 saturated heterocycles. The Morgan fingerprint density at radius 3 is 1.94 bits per heavy atom. The summed E-state index contributed by atoms with van der Waals surface area (Å²) in [5.41, 5.74) is 13.6. The van der Waals surface area contributed by atoms with Crippen LogP contribution in [0.15, 0.2) is 164 Å². The standard InChI is InChI=1S/C38H31N2S.C11H8N.Ir/c1-25-21-29(26-13-7-5-8-14-26)36(30(22-25)27-15-9-6-10-16-27)40-34-18-12-11-17-33(34)39-37(40)32-24-41-35-20-19-28(23-31(32)35)38(2,3)4;1-2-6-10(7-3-1)11-8-4-5-9-12-11;/h5-23H,1-4H3;1-6,8-9H;/q2*-1;. The van der Waals surface area contributed by atoms with Crippen LogP contribution >= 0.6 is 11.3 Å². The summed E-state index contributed by atoms with van der Waals surface area (Å²) in [5.74, 6) is 0.918. The average molecular weight is 894 g/mol. The molecule has 0 N–H and O–H groups in total. The van der Waals surface area contributed by atoms with E-state index in [4.69, 9.17) is 4.98 Å². The first kappa shape index (κ1) is 36.9. The third-order valence-corrected chi connectivity index (χ3v) is 10.3. The van der Waals surface area contributed by atoms with Gasteiger partial charge in [0.25, 0.3) is 0 Å². The molecule has 267 valence electrons. The maximum absolute atomic E-state index is 5.30. The van der Waals surface area contributed by atoms with Crippen LogP contribution in [-0.2, 0) is 25.5 Å². The third-order valence-electron chi connectivity index (χ3n) is 9.46. The smallest absolute Gasteiger partial charge is 0.0774 e. The van der Waals surface area contributed by atoms with Crippen molar-refractivity contribution >= 4 is 32.5 Å². The van der Waals surface area contributed by atoms with Crippen molar-refractivity contribution in [3.8, 4) is 50.6 Å². The number of imidazole rings is 1. The average Bonchev–Trinajstić information content (AvgIpc) is 3.80. The summed E-state index contributed by atoms with van der Waals surface area (Å²) >= 11 is 1.67. The van der Waals surface area contributed by atoms with Crippen molar-refractivity contribution in [3.05, 3.63) is 186 Å². The van der Waals surface area contributed by atoms with Gasteiger partial charge < -0.3 is 9.55 Å². The molecule has 0 atom stereocenters. The molecule has 0 aliphatic heterocycles. The zero-order valence-corrected chi connectivity index (χ0v) is 33.9. The topological polar surface area (TPSA) is 30.7 Å². The number of thiophene rings is 1. The van der Waals surface area contributed by atoms with Crippen LogP contribution in [-0.4, -0.2) is 14.5 Å². The first-order valence-electron chi connectivity index (χ1n) is 17.9. The van der Waals surface area contributed by atoms with Crippen molar-refractivity contribution in [3.63, 3.8) is 0 Å². The van der Waals surface area contributed by atoms with Crippen molar-refractivity contribution in [2.24, 2.45) is 0 Å². The second-order valence-corrected chi connectivity index (χ2v) is 15.1. The molecule has 54 heavy (non-hydrogen) atoms. The van der Waals surface area contributed by atoms with Crippen LogP contribution in [0, 0.1) is 18.4 Å². The fraction of sp³-hybridized carbons (Fsp3) is 0.102. The minimum Gasteiger partial charge on any atom is -0.332 e. The Labute approximate surface area is 335 Å². The van der Waals surface area contributed by atoms with E-state index in [1.165, 1.54) is 43.5 Å². The van der Waals surface area contributed by atoms with Gasteiger partial charge in [0.15, 0.2) is 0 Å². The molecule has 0 spiro atoms. The first-order valence-corrected chi connectivity index (χ1v) is 18.7. The van der Waals surface area contributed by atoms with Gasteiger partial charge in [-0.3, -0.25) is 16.3 Å². The second-order valence-electron chi connectivity index (χ2n) is 14.2. The number of benzene rings is 6. The quantitative estimate of drug-likeness (QED) is 0.161. The van der Waals surface area contributed by atoms with E-state index in [2.05, 4.69) is 164 Å². The van der Waals surface area contributed by atoms with Crippen LogP contribution in [0.1, 0.15) is 31.9 Å². The fourth-order valence-corrected chi connectivity index (χ4v) is 7.62. The number of aromatic nitrogens is 3. The fourth-order valence-electron chi connectivity index (χ4n) is 6.80. The number of nitrogens with zero attached hydrogens (tertiary/aromatic N) is 3. The van der Waals surface area contributed by atoms with Gasteiger partial charge in [0.05, 0.1) is 22.5 Å². The molecule has 0 bridgehead atoms. The van der Waals surface area contributed by atoms with Crippen LogP contribution in [0.2, 0.25) is 0 Å². The Morgan fingerprint density at radius 1 is 0.667 bits per heavy atom. The zero-order valence-electron chi connectivity index (χ0n) is 30.7. The zero-order chi connectivity index (χ0) is 36.4. The van der Waals surface area contributed by atoms with E-state index >= 15 is 0 Å². The Kier molecular flexibility index (Phi) is 10.8. The molecular formula is C49H39IrN3S-2. The van der Waals surface area contributed by atoms with Gasteiger partial charge in [0, 0.05) is 37.4 Å². The molecule has 6 aromatic carbocycles. The van der Waals surface area contributed by atoms with Crippen molar-refractivity contribution in [2.45, 2.75) is 33.1 Å². The summed E-state index contributed by atoms with van der Waals surface area (Å²) in [7, 11) is 0. The predicted octanol–water partition coefficient (Wildman–Crippen LogP) is 13.2. The molecule has 0 saturated carbocycles. The number of aryl methyl sites for hydroxylation is 1. The molecule has 9 rings (SSSR count). The maximum Gasteiger partial charge on any atom is 0.0774 e. The molecule has 0 unspecified atom stereocenters. The maximum atomic E-state index is 5.30. The Balaban J connectivity index is 0.000000294. The molecular weight excluding hydrogens is 855 g/mol. The minimum absolute atomic E-state index is 0. The molecule has 0 fully saturated rings. The summed E-state index contributed by atoms with van der Waals surface area (Å²) < 4.78 is 3.60. The monoisotopic (exact) mass is 894 g/mol. The van der Waals surface area contributed by atoms with Crippen LogP contribution in [0.5, 0.6) is 0 Å². The summed E-state index contributed by atoms with van der Waals surface area (Å²) in [6.07, 6.45) is 1.79. The summed E-state index contributed by atoms with van der Waals surface area (Å²) in [6.45, 7) is 8.99. The number of rotatable bonds is 5. The molecule has 0 aliphatic carbocycles. The SMILES string of the molecule is Cc1cc(-c2ccccc2)c(-n2c(-c3[c-]sc4ccc(C(C)(C)C)cc34)nc3ccccc32)c(-c2ccccc2)c1.[Ir].[c-]1ccccc1-c1ccccn1. The molecule has 3 nitrogen and oxygen atoms in total. The van der Waals surface area contributed by atoms with Gasteiger partial charge in [0.1, 0.15) is 0 Å². The van der Waals surface area contributed by atoms with E-state index in [1.54, 1.807) is 17.5 Å². The van der Waals surface area contributed by atoms with Crippen LogP contribution < -0.4 is 0 Å². The molecule has 3 aromatic heterocycles. The van der Waals surface area contributed by atoms with E-state index in [1.807, 2.05) is 42.5 Å². The molecule has 0 amide bonds. The van der Waals surface area contributed by atoms with Gasteiger partial charge in [-0.15, -0.1) is 47.3 Å². The molecule has 5 heteroatoms. The van der Waals surface area contributed by atoms with E-state index in [9.17, 15) is 0 Å². The minimum atomic E-state index is 0. The second kappa shape index (κ2) is 15.9. The van der Waals surface area contributed by atoms with Gasteiger partial charge in [-0.2, -0.15) is 0 Å². The third kappa shape index (κ3) is 7.49. The normalized spacial score (nSPS) is 11.2. The van der Waals surface area contributed by atoms with Gasteiger partial charge in [-0.1, -0.05) is 139 Å². The molecule has 0 aliphatic rings. The first-order chi connectivity index (χ1) is 25.8. The largest absolute Gasteiger partial charge is 0.332 e. The van der Waals surface area contributed by atoms with Gasteiger partial charge >= 0.3 is 0 Å². The van der Waals surface area contributed by atoms with E-state index in [0.717, 1.165) is 39.4 Å². The van der Waals surface area contributed by atoms with E-state index in [0.29, 0.717) is 0 Å². The molecule has 3 heterocycles. The Morgan fingerprint density at radius 2 is 1.31 bits per heavy atom. The Hall–Kier alpha value is -5.45. The Bertz CT molecular complexity index is 2540. The van der Waals surface area contributed by atoms with Gasteiger partial charge in [-0.05, 0) is 65.1 Å². The van der Waals surface area contributed by atoms with Crippen molar-refractivity contribution in [2.75, 3.05) is 0 Å². The summed E-state index contributed by atoms with van der Waals surface area (Å²) in [5, 5.41) is 4.87. The van der Waals surface area contributed by atoms with Gasteiger partial charge in [-0.25, -0.2) is 0 Å². The van der Waals surface area contributed by atoms with Crippen LogP contribution in [0.25, 0.3) is 71.7 Å². The van der Waals surface area contributed by atoms with E-state index < -0.39 is 0 Å². The number of para-hydroxylation sites is 2. The summed E-state index contributed by atoms with van der Waals surface area (Å²) in [4.78, 5) is 9.52. The number of fused-ring (bicyclic) bond motifs is 2. The molecule has 9 aromatic rings. The van der Waals surface area contributed by atoms with Crippen molar-refractivity contribution in [1.29, 1.82) is 0 Å². The number of hydrogen-bond donors (Lipinski definition) is 0. The predicted molar refractivity (Wildman–Crippen MR) is 224 cm³/mol. The van der Waals surface area contributed by atoms with Gasteiger partial charge in [0.2, 0.25) is 0 Å². The van der Waals surface area contributed by atoms with Crippen LogP contribution in [0.4, 0.5) is 0 Å². The van der Waals surface area contributed by atoms with Crippen LogP contribution in [0.3, 0.4) is 0 Å². The van der Waals surface area contributed by atoms with Crippen molar-refractivity contribution in [1.82, 2.24) is 14.5 Å². The molecule has 1 radical (unpaired) electrons. The number of hydrogen-bond acceptors (Lipinski definition) is 3. The number of pyridine rings is 1.